The van der Waals surface area contributed by atoms with Crippen molar-refractivity contribution < 1.29 is 22.7 Å². The summed E-state index contributed by atoms with van der Waals surface area (Å²) >= 11 is 6.12. The van der Waals surface area contributed by atoms with Gasteiger partial charge in [0.05, 0.1) is 15.6 Å². The van der Waals surface area contributed by atoms with E-state index < -0.39 is 28.0 Å². The van der Waals surface area contributed by atoms with Gasteiger partial charge in [0.15, 0.2) is 6.10 Å². The molecule has 158 valence electrons. The standard InChI is InChI=1S/C20H25ClN2O5S/c1-3-4-6-9-19(24)28-15(2)20(25)22-18-14-16(10-11-17(18)21)29(26,27)23-12-7-5-8-13-23/h3-4,6,9-11,14-15H,5,7-8,12-13H2,1-2H3,(H,22,25)/b4-3+,9-6+. The Balaban J connectivity index is 2.11. The van der Waals surface area contributed by atoms with Crippen LogP contribution in [0.15, 0.2) is 47.4 Å². The Bertz CT molecular complexity index is 905. The van der Waals surface area contributed by atoms with Gasteiger partial charge in [0, 0.05) is 19.2 Å². The first-order valence-corrected chi connectivity index (χ1v) is 11.2. The quantitative estimate of drug-likeness (QED) is 0.398. The van der Waals surface area contributed by atoms with Crippen LogP contribution in [-0.4, -0.2) is 43.8 Å². The summed E-state index contributed by atoms with van der Waals surface area (Å²) in [4.78, 5) is 24.1. The van der Waals surface area contributed by atoms with Gasteiger partial charge in [-0.15, -0.1) is 0 Å². The highest BCUT2D eigenvalue weighted by molar-refractivity contribution is 7.89. The predicted octanol–water partition coefficient (Wildman–Crippen LogP) is 3.52. The lowest BCUT2D eigenvalue weighted by Crippen LogP contribution is -2.35. The molecule has 1 unspecified atom stereocenters. The van der Waals surface area contributed by atoms with E-state index in [-0.39, 0.29) is 15.6 Å². The van der Waals surface area contributed by atoms with Gasteiger partial charge in [-0.2, -0.15) is 4.31 Å². The summed E-state index contributed by atoms with van der Waals surface area (Å²) in [5.74, 6) is -1.29. The third-order valence-corrected chi connectivity index (χ3v) is 6.57. The van der Waals surface area contributed by atoms with Crippen molar-refractivity contribution in [3.8, 4) is 0 Å². The van der Waals surface area contributed by atoms with E-state index in [9.17, 15) is 18.0 Å². The number of halogens is 1. The fourth-order valence-corrected chi connectivity index (χ4v) is 4.47. The molecule has 7 nitrogen and oxygen atoms in total. The number of nitrogens with one attached hydrogen (secondary N) is 1. The number of ether oxygens (including phenoxy) is 1. The average Bonchev–Trinajstić information content (AvgIpc) is 2.70. The normalized spacial score (nSPS) is 16.8. The van der Waals surface area contributed by atoms with E-state index in [1.165, 1.54) is 41.6 Å². The Kier molecular flexibility index (Phi) is 8.43. The predicted molar refractivity (Wildman–Crippen MR) is 112 cm³/mol. The largest absolute Gasteiger partial charge is 0.449 e. The summed E-state index contributed by atoms with van der Waals surface area (Å²) in [6.07, 6.45) is 7.66. The molecule has 29 heavy (non-hydrogen) atoms. The Morgan fingerprint density at radius 2 is 1.90 bits per heavy atom. The highest BCUT2D eigenvalue weighted by Crippen LogP contribution is 2.28. The van der Waals surface area contributed by atoms with E-state index in [2.05, 4.69) is 5.32 Å². The number of hydrogen-bond acceptors (Lipinski definition) is 5. The van der Waals surface area contributed by atoms with Gasteiger partial charge in [-0.1, -0.05) is 36.2 Å². The van der Waals surface area contributed by atoms with Crippen LogP contribution >= 0.6 is 11.6 Å². The van der Waals surface area contributed by atoms with Crippen molar-refractivity contribution in [1.29, 1.82) is 0 Å². The van der Waals surface area contributed by atoms with Crippen LogP contribution in [0.1, 0.15) is 33.1 Å². The first-order chi connectivity index (χ1) is 13.8. The van der Waals surface area contributed by atoms with Crippen molar-refractivity contribution >= 4 is 39.2 Å². The molecule has 0 bridgehead atoms. The van der Waals surface area contributed by atoms with Gasteiger partial charge in [0.25, 0.3) is 5.91 Å². The first-order valence-electron chi connectivity index (χ1n) is 9.36. The van der Waals surface area contributed by atoms with Gasteiger partial charge < -0.3 is 10.1 Å². The van der Waals surface area contributed by atoms with Crippen LogP contribution in [0.2, 0.25) is 5.02 Å². The third kappa shape index (κ3) is 6.42. The van der Waals surface area contributed by atoms with Crippen LogP contribution in [-0.2, 0) is 24.3 Å². The number of nitrogens with zero attached hydrogens (tertiary/aromatic N) is 1. The van der Waals surface area contributed by atoms with Crippen LogP contribution in [0.5, 0.6) is 0 Å². The molecule has 1 atom stereocenters. The molecule has 1 heterocycles. The maximum Gasteiger partial charge on any atom is 0.331 e. The van der Waals surface area contributed by atoms with E-state index in [1.807, 2.05) is 0 Å². The second kappa shape index (κ2) is 10.6. The van der Waals surface area contributed by atoms with Crippen molar-refractivity contribution in [2.45, 2.75) is 44.1 Å². The van der Waals surface area contributed by atoms with Gasteiger partial charge in [-0.05, 0) is 44.9 Å². The van der Waals surface area contributed by atoms with Gasteiger partial charge in [0.2, 0.25) is 10.0 Å². The lowest BCUT2D eigenvalue weighted by molar-refractivity contribution is -0.148. The van der Waals surface area contributed by atoms with Crippen LogP contribution in [0, 0.1) is 0 Å². The van der Waals surface area contributed by atoms with E-state index in [1.54, 1.807) is 19.1 Å². The molecule has 0 radical (unpaired) electrons. The molecular formula is C20H25ClN2O5S. The van der Waals surface area contributed by atoms with Crippen LogP contribution < -0.4 is 5.32 Å². The molecule has 1 aliphatic rings. The summed E-state index contributed by atoms with van der Waals surface area (Å²) in [5.41, 5.74) is 0.141. The number of amides is 1. The molecule has 0 aromatic heterocycles. The van der Waals surface area contributed by atoms with Crippen LogP contribution in [0.25, 0.3) is 0 Å². The SMILES string of the molecule is C/C=C/C=C/C(=O)OC(C)C(=O)Nc1cc(S(=O)(=O)N2CCCCC2)ccc1Cl. The van der Waals surface area contributed by atoms with Crippen molar-refractivity contribution in [2.24, 2.45) is 0 Å². The number of carbonyl (C=O) groups is 2. The molecule has 0 spiro atoms. The zero-order chi connectivity index (χ0) is 21.4. The smallest absolute Gasteiger partial charge is 0.331 e. The molecule has 1 fully saturated rings. The van der Waals surface area contributed by atoms with E-state index >= 15 is 0 Å². The number of rotatable bonds is 7. The zero-order valence-corrected chi connectivity index (χ0v) is 18.0. The van der Waals surface area contributed by atoms with E-state index in [0.29, 0.717) is 13.1 Å². The molecule has 0 aliphatic carbocycles. The topological polar surface area (TPSA) is 92.8 Å². The van der Waals surface area contributed by atoms with Gasteiger partial charge >= 0.3 is 5.97 Å². The molecule has 1 N–H and O–H groups in total. The molecule has 2 rings (SSSR count). The highest BCUT2D eigenvalue weighted by atomic mass is 35.5. The maximum absolute atomic E-state index is 12.8. The average molecular weight is 441 g/mol. The Labute approximate surface area is 176 Å². The Morgan fingerprint density at radius 3 is 2.55 bits per heavy atom. The molecule has 9 heteroatoms. The fourth-order valence-electron chi connectivity index (χ4n) is 2.76. The maximum atomic E-state index is 12.8. The highest BCUT2D eigenvalue weighted by Gasteiger charge is 2.27. The number of allylic oxidation sites excluding steroid dienone is 3. The third-order valence-electron chi connectivity index (χ3n) is 4.35. The van der Waals surface area contributed by atoms with Crippen LogP contribution in [0.3, 0.4) is 0 Å². The summed E-state index contributed by atoms with van der Waals surface area (Å²) in [6.45, 7) is 4.16. The monoisotopic (exact) mass is 440 g/mol. The minimum absolute atomic E-state index is 0.0537. The second-order valence-corrected chi connectivity index (χ2v) is 8.90. The van der Waals surface area contributed by atoms with Crippen molar-refractivity contribution in [3.05, 3.63) is 47.5 Å². The minimum Gasteiger partial charge on any atom is -0.449 e. The minimum atomic E-state index is -3.67. The molecule has 1 aromatic rings. The molecular weight excluding hydrogens is 416 g/mol. The Morgan fingerprint density at radius 1 is 1.21 bits per heavy atom. The second-order valence-electron chi connectivity index (χ2n) is 6.56. The Hall–Kier alpha value is -2.16. The molecule has 0 saturated carbocycles. The van der Waals surface area contributed by atoms with Crippen molar-refractivity contribution in [2.75, 3.05) is 18.4 Å². The van der Waals surface area contributed by atoms with Crippen LogP contribution in [0.4, 0.5) is 5.69 Å². The van der Waals surface area contributed by atoms with Gasteiger partial charge in [0.1, 0.15) is 0 Å². The number of hydrogen-bond donors (Lipinski definition) is 1. The summed E-state index contributed by atoms with van der Waals surface area (Å²) < 4.78 is 32.1. The number of piperidine rings is 1. The molecule has 1 saturated heterocycles. The van der Waals surface area contributed by atoms with Crippen molar-refractivity contribution in [3.63, 3.8) is 0 Å². The summed E-state index contributed by atoms with van der Waals surface area (Å²) in [5, 5.41) is 2.71. The number of benzene rings is 1. The fraction of sp³-hybridized carbons (Fsp3) is 0.400. The lowest BCUT2D eigenvalue weighted by atomic mass is 10.2. The molecule has 1 amide bonds. The molecule has 1 aromatic carbocycles. The number of esters is 1. The number of carbonyl (C=O) groups excluding carboxylic acids is 2. The van der Waals surface area contributed by atoms with E-state index in [0.717, 1.165) is 19.3 Å². The summed E-state index contributed by atoms with van der Waals surface area (Å²) in [7, 11) is -3.67. The summed E-state index contributed by atoms with van der Waals surface area (Å²) in [6, 6.07) is 4.16. The first kappa shape index (κ1) is 23.1. The van der Waals surface area contributed by atoms with Crippen molar-refractivity contribution in [1.82, 2.24) is 4.31 Å². The number of sulfonamides is 1. The van der Waals surface area contributed by atoms with Gasteiger partial charge in [-0.25, -0.2) is 13.2 Å². The lowest BCUT2D eigenvalue weighted by Gasteiger charge is -2.26. The molecule has 1 aliphatic heterocycles. The number of anilines is 1. The zero-order valence-electron chi connectivity index (χ0n) is 16.4. The van der Waals surface area contributed by atoms with Gasteiger partial charge in [-0.3, -0.25) is 4.79 Å². The van der Waals surface area contributed by atoms with E-state index in [4.69, 9.17) is 16.3 Å².